The van der Waals surface area contributed by atoms with Crippen LogP contribution in [-0.2, 0) is 0 Å². The van der Waals surface area contributed by atoms with E-state index < -0.39 is 0 Å². The highest BCUT2D eigenvalue weighted by Gasteiger charge is 2.34. The SMILES string of the molecule is CCC[C@H]1CC[C@H]([C@H]2CC[C@H](C3CCCC(C#N)C3)CC2)CC1. The van der Waals surface area contributed by atoms with E-state index in [1.807, 2.05) is 0 Å². The Kier molecular flexibility index (Phi) is 6.44. The van der Waals surface area contributed by atoms with E-state index in [-0.39, 0.29) is 0 Å². The second kappa shape index (κ2) is 8.55. The van der Waals surface area contributed by atoms with E-state index >= 15 is 0 Å². The van der Waals surface area contributed by atoms with Crippen LogP contribution in [0.2, 0.25) is 0 Å². The van der Waals surface area contributed by atoms with Crippen molar-refractivity contribution in [2.45, 2.75) is 96.8 Å². The Labute approximate surface area is 144 Å². The fourth-order valence-electron chi connectivity index (χ4n) is 6.22. The van der Waals surface area contributed by atoms with Crippen LogP contribution in [-0.4, -0.2) is 0 Å². The maximum Gasteiger partial charge on any atom is 0.0655 e. The number of nitriles is 1. The highest BCUT2D eigenvalue weighted by molar-refractivity contribution is 4.91. The Balaban J connectivity index is 1.41. The largest absolute Gasteiger partial charge is 0.198 e. The summed E-state index contributed by atoms with van der Waals surface area (Å²) in [5, 5.41) is 9.23. The predicted molar refractivity (Wildman–Crippen MR) is 96.9 cm³/mol. The number of hydrogen-bond acceptors (Lipinski definition) is 1. The van der Waals surface area contributed by atoms with Crippen LogP contribution in [0.5, 0.6) is 0 Å². The van der Waals surface area contributed by atoms with Gasteiger partial charge in [-0.25, -0.2) is 0 Å². The standard InChI is InChI=1S/C22H37N/c1-2-4-17-7-9-19(10-8-17)20-11-13-21(14-12-20)22-6-3-5-18(15-22)16-23/h17-22H,2-15H2,1H3/t17-,18?,19-,20-,21-,22?. The van der Waals surface area contributed by atoms with Crippen molar-refractivity contribution in [2.24, 2.45) is 35.5 Å². The summed E-state index contributed by atoms with van der Waals surface area (Å²) in [4.78, 5) is 0. The van der Waals surface area contributed by atoms with Gasteiger partial charge in [0.15, 0.2) is 0 Å². The highest BCUT2D eigenvalue weighted by Crippen LogP contribution is 2.46. The van der Waals surface area contributed by atoms with Crippen molar-refractivity contribution >= 4 is 0 Å². The van der Waals surface area contributed by atoms with Crippen molar-refractivity contribution < 1.29 is 0 Å². The van der Waals surface area contributed by atoms with E-state index in [1.165, 1.54) is 89.9 Å². The molecule has 1 heteroatoms. The van der Waals surface area contributed by atoms with E-state index in [2.05, 4.69) is 13.0 Å². The van der Waals surface area contributed by atoms with Crippen LogP contribution in [0.25, 0.3) is 0 Å². The smallest absolute Gasteiger partial charge is 0.0655 e. The second-order valence-corrected chi connectivity index (χ2v) is 9.00. The van der Waals surface area contributed by atoms with Gasteiger partial charge in [0.25, 0.3) is 0 Å². The van der Waals surface area contributed by atoms with Gasteiger partial charge in [-0.2, -0.15) is 5.26 Å². The molecule has 0 spiro atoms. The molecule has 0 amide bonds. The van der Waals surface area contributed by atoms with Gasteiger partial charge < -0.3 is 0 Å². The summed E-state index contributed by atoms with van der Waals surface area (Å²) in [6, 6.07) is 2.55. The molecule has 0 aromatic carbocycles. The van der Waals surface area contributed by atoms with Gasteiger partial charge in [-0.15, -0.1) is 0 Å². The molecule has 3 aliphatic rings. The summed E-state index contributed by atoms with van der Waals surface area (Å²) in [7, 11) is 0. The minimum atomic E-state index is 0.375. The second-order valence-electron chi connectivity index (χ2n) is 9.00. The van der Waals surface area contributed by atoms with E-state index in [4.69, 9.17) is 0 Å². The predicted octanol–water partition coefficient (Wildman–Crippen LogP) is 6.73. The van der Waals surface area contributed by atoms with Gasteiger partial charge in [0.2, 0.25) is 0 Å². The molecular weight excluding hydrogens is 278 g/mol. The fraction of sp³-hybridized carbons (Fsp3) is 0.955. The molecule has 3 saturated carbocycles. The summed E-state index contributed by atoms with van der Waals surface area (Å²) in [6.07, 6.45) is 20.0. The first-order valence-electron chi connectivity index (χ1n) is 10.7. The zero-order chi connectivity index (χ0) is 16.1. The molecule has 1 nitrogen and oxygen atoms in total. The van der Waals surface area contributed by atoms with Crippen molar-refractivity contribution in [1.82, 2.24) is 0 Å². The van der Waals surface area contributed by atoms with Crippen molar-refractivity contribution in [3.05, 3.63) is 0 Å². The average molecular weight is 316 g/mol. The van der Waals surface area contributed by atoms with Gasteiger partial charge in [0.1, 0.15) is 0 Å². The topological polar surface area (TPSA) is 23.8 Å². The van der Waals surface area contributed by atoms with Gasteiger partial charge >= 0.3 is 0 Å². The van der Waals surface area contributed by atoms with Gasteiger partial charge in [0, 0.05) is 5.92 Å². The van der Waals surface area contributed by atoms with Gasteiger partial charge in [-0.05, 0) is 81.0 Å². The summed E-state index contributed by atoms with van der Waals surface area (Å²) in [5.74, 6) is 5.37. The Morgan fingerprint density at radius 2 is 1.30 bits per heavy atom. The van der Waals surface area contributed by atoms with E-state index in [9.17, 15) is 5.26 Å². The van der Waals surface area contributed by atoms with Gasteiger partial charge in [-0.1, -0.05) is 45.4 Å². The lowest BCUT2D eigenvalue weighted by Crippen LogP contribution is -2.30. The quantitative estimate of drug-likeness (QED) is 0.564. The molecule has 0 saturated heterocycles. The third-order valence-corrected chi connectivity index (χ3v) is 7.64. The van der Waals surface area contributed by atoms with Crippen LogP contribution >= 0.6 is 0 Å². The van der Waals surface area contributed by atoms with Crippen LogP contribution in [0.3, 0.4) is 0 Å². The molecule has 0 aromatic rings. The third kappa shape index (κ3) is 4.52. The molecule has 0 heterocycles. The van der Waals surface area contributed by atoms with Crippen LogP contribution < -0.4 is 0 Å². The normalized spacial score (nSPS) is 42.1. The first kappa shape index (κ1) is 17.3. The Morgan fingerprint density at radius 1 is 0.739 bits per heavy atom. The van der Waals surface area contributed by atoms with Gasteiger partial charge in [-0.3, -0.25) is 0 Å². The molecule has 0 bridgehead atoms. The van der Waals surface area contributed by atoms with Crippen molar-refractivity contribution in [3.8, 4) is 6.07 Å². The number of hydrogen-bond donors (Lipinski definition) is 0. The molecule has 0 radical (unpaired) electrons. The summed E-state index contributed by atoms with van der Waals surface area (Å²) >= 11 is 0. The third-order valence-electron chi connectivity index (χ3n) is 7.64. The van der Waals surface area contributed by atoms with Crippen LogP contribution in [0.4, 0.5) is 0 Å². The monoisotopic (exact) mass is 315 g/mol. The number of rotatable bonds is 4. The fourth-order valence-corrected chi connectivity index (χ4v) is 6.22. The first-order chi connectivity index (χ1) is 11.3. The Bertz CT molecular complexity index is 379. The summed E-state index contributed by atoms with van der Waals surface area (Å²) in [6.45, 7) is 2.34. The zero-order valence-corrected chi connectivity index (χ0v) is 15.3. The first-order valence-corrected chi connectivity index (χ1v) is 10.7. The molecule has 0 N–H and O–H groups in total. The van der Waals surface area contributed by atoms with E-state index in [1.54, 1.807) is 0 Å². The van der Waals surface area contributed by atoms with Crippen molar-refractivity contribution in [3.63, 3.8) is 0 Å². The maximum absolute atomic E-state index is 9.23. The van der Waals surface area contributed by atoms with E-state index in [0.717, 1.165) is 29.6 Å². The molecule has 23 heavy (non-hydrogen) atoms. The minimum absolute atomic E-state index is 0.375. The molecule has 0 aliphatic heterocycles. The average Bonchev–Trinajstić information content (AvgIpc) is 2.63. The lowest BCUT2D eigenvalue weighted by atomic mass is 9.64. The maximum atomic E-state index is 9.23. The Hall–Kier alpha value is -0.510. The molecule has 0 aromatic heterocycles. The zero-order valence-electron chi connectivity index (χ0n) is 15.3. The van der Waals surface area contributed by atoms with Gasteiger partial charge in [0.05, 0.1) is 6.07 Å². The molecule has 2 unspecified atom stereocenters. The highest BCUT2D eigenvalue weighted by atomic mass is 14.4. The van der Waals surface area contributed by atoms with Crippen LogP contribution in [0.15, 0.2) is 0 Å². The summed E-state index contributed by atoms with van der Waals surface area (Å²) in [5.41, 5.74) is 0. The van der Waals surface area contributed by atoms with Crippen molar-refractivity contribution in [1.29, 1.82) is 5.26 Å². The molecule has 2 atom stereocenters. The Morgan fingerprint density at radius 3 is 1.87 bits per heavy atom. The van der Waals surface area contributed by atoms with E-state index in [0.29, 0.717) is 5.92 Å². The molecule has 3 fully saturated rings. The minimum Gasteiger partial charge on any atom is -0.198 e. The lowest BCUT2D eigenvalue weighted by molar-refractivity contribution is 0.106. The van der Waals surface area contributed by atoms with Crippen LogP contribution in [0, 0.1) is 46.8 Å². The lowest BCUT2D eigenvalue weighted by Gasteiger charge is -2.41. The molecular formula is C22H37N. The van der Waals surface area contributed by atoms with Crippen molar-refractivity contribution in [2.75, 3.05) is 0 Å². The van der Waals surface area contributed by atoms with Crippen LogP contribution in [0.1, 0.15) is 96.8 Å². The molecule has 3 rings (SSSR count). The number of nitrogens with zero attached hydrogens (tertiary/aromatic N) is 1. The summed E-state index contributed by atoms with van der Waals surface area (Å²) < 4.78 is 0. The molecule has 130 valence electrons. The molecule has 3 aliphatic carbocycles.